The van der Waals surface area contributed by atoms with Crippen LogP contribution in [-0.2, 0) is 4.79 Å². The molecule has 0 radical (unpaired) electrons. The van der Waals surface area contributed by atoms with Crippen LogP contribution in [-0.4, -0.2) is 17.6 Å². The van der Waals surface area contributed by atoms with E-state index in [4.69, 9.17) is 10.8 Å². The highest BCUT2D eigenvalue weighted by Gasteiger charge is 2.22. The summed E-state index contributed by atoms with van der Waals surface area (Å²) in [5.41, 5.74) is 5.57. The van der Waals surface area contributed by atoms with Gasteiger partial charge in [-0.25, -0.2) is 0 Å². The van der Waals surface area contributed by atoms with Crippen LogP contribution in [0.5, 0.6) is 0 Å². The van der Waals surface area contributed by atoms with Gasteiger partial charge in [-0.15, -0.1) is 0 Å². The fourth-order valence-corrected chi connectivity index (χ4v) is 2.12. The minimum absolute atomic E-state index is 0.164. The van der Waals surface area contributed by atoms with Crippen molar-refractivity contribution in [1.82, 2.24) is 0 Å². The van der Waals surface area contributed by atoms with Gasteiger partial charge in [-0.05, 0) is 30.7 Å². The Labute approximate surface area is 92.0 Å². The van der Waals surface area contributed by atoms with Gasteiger partial charge in [0.25, 0.3) is 0 Å². The van der Waals surface area contributed by atoms with Gasteiger partial charge in [0.15, 0.2) is 0 Å². The largest absolute Gasteiger partial charge is 0.481 e. The number of carboxylic acid groups (broad SMARTS) is 1. The van der Waals surface area contributed by atoms with Gasteiger partial charge in [0.05, 0.1) is 0 Å². The van der Waals surface area contributed by atoms with Crippen molar-refractivity contribution in [2.45, 2.75) is 45.4 Å². The molecule has 1 fully saturated rings. The van der Waals surface area contributed by atoms with Crippen molar-refractivity contribution in [3.05, 3.63) is 0 Å². The number of carboxylic acids is 1. The third-order valence-electron chi connectivity index (χ3n) is 3.30. The van der Waals surface area contributed by atoms with Gasteiger partial charge < -0.3 is 10.8 Å². The average Bonchev–Trinajstić information content (AvgIpc) is 2.96. The van der Waals surface area contributed by atoms with E-state index in [1.807, 2.05) is 0 Å². The van der Waals surface area contributed by atoms with E-state index in [1.165, 1.54) is 25.7 Å². The minimum atomic E-state index is -0.722. The van der Waals surface area contributed by atoms with E-state index in [0.29, 0.717) is 12.5 Å². The summed E-state index contributed by atoms with van der Waals surface area (Å²) in [7, 11) is 0. The van der Waals surface area contributed by atoms with Crippen LogP contribution in [0.15, 0.2) is 0 Å². The second-order valence-electron chi connectivity index (χ2n) is 5.06. The second kappa shape index (κ2) is 6.11. The minimum Gasteiger partial charge on any atom is -0.481 e. The van der Waals surface area contributed by atoms with E-state index >= 15 is 0 Å². The lowest BCUT2D eigenvalue weighted by atomic mass is 9.90. The van der Waals surface area contributed by atoms with Crippen molar-refractivity contribution in [3.63, 3.8) is 0 Å². The Bertz CT molecular complexity index is 202. The van der Waals surface area contributed by atoms with E-state index in [0.717, 1.165) is 12.3 Å². The molecule has 0 aromatic heterocycles. The molecular weight excluding hydrogens is 190 g/mol. The van der Waals surface area contributed by atoms with E-state index in [2.05, 4.69) is 6.92 Å². The van der Waals surface area contributed by atoms with Crippen LogP contribution in [0.2, 0.25) is 0 Å². The van der Waals surface area contributed by atoms with E-state index in [9.17, 15) is 4.79 Å². The van der Waals surface area contributed by atoms with Crippen molar-refractivity contribution in [3.8, 4) is 0 Å². The maximum Gasteiger partial charge on any atom is 0.303 e. The molecule has 3 nitrogen and oxygen atoms in total. The van der Waals surface area contributed by atoms with Crippen LogP contribution in [0, 0.1) is 17.8 Å². The van der Waals surface area contributed by atoms with Crippen molar-refractivity contribution < 1.29 is 9.90 Å². The second-order valence-corrected chi connectivity index (χ2v) is 5.06. The molecule has 15 heavy (non-hydrogen) atoms. The molecule has 0 heterocycles. The number of hydrogen-bond donors (Lipinski definition) is 2. The molecular formula is C12H23NO2. The third-order valence-corrected chi connectivity index (χ3v) is 3.30. The number of aliphatic carboxylic acids is 1. The summed E-state index contributed by atoms with van der Waals surface area (Å²) in [6, 6.07) is 0. The summed E-state index contributed by atoms with van der Waals surface area (Å²) >= 11 is 0. The highest BCUT2D eigenvalue weighted by molar-refractivity contribution is 5.67. The molecule has 1 rings (SSSR count). The lowest BCUT2D eigenvalue weighted by molar-refractivity contribution is -0.138. The summed E-state index contributed by atoms with van der Waals surface area (Å²) in [6.45, 7) is 2.72. The molecule has 1 unspecified atom stereocenters. The predicted octanol–water partition coefficient (Wildman–Crippen LogP) is 2.25. The molecule has 0 bridgehead atoms. The van der Waals surface area contributed by atoms with Crippen molar-refractivity contribution in [2.75, 3.05) is 6.54 Å². The van der Waals surface area contributed by atoms with Crippen molar-refractivity contribution in [2.24, 2.45) is 23.5 Å². The average molecular weight is 213 g/mol. The normalized spacial score (nSPS) is 19.9. The van der Waals surface area contributed by atoms with Gasteiger partial charge in [-0.1, -0.05) is 32.6 Å². The fourth-order valence-electron chi connectivity index (χ4n) is 2.12. The Morgan fingerprint density at radius 3 is 2.67 bits per heavy atom. The molecule has 0 aliphatic heterocycles. The number of rotatable bonds is 8. The van der Waals surface area contributed by atoms with Gasteiger partial charge >= 0.3 is 5.97 Å². The van der Waals surface area contributed by atoms with Crippen LogP contribution in [0.25, 0.3) is 0 Å². The lowest BCUT2D eigenvalue weighted by Gasteiger charge is -2.17. The van der Waals surface area contributed by atoms with Crippen LogP contribution < -0.4 is 5.73 Å². The molecule has 1 saturated carbocycles. The molecule has 3 N–H and O–H groups in total. The first-order chi connectivity index (χ1) is 7.11. The summed E-state index contributed by atoms with van der Waals surface area (Å²) < 4.78 is 0. The Balaban J connectivity index is 2.13. The number of carbonyl (C=O) groups is 1. The van der Waals surface area contributed by atoms with E-state index < -0.39 is 5.97 Å². The van der Waals surface area contributed by atoms with Gasteiger partial charge in [-0.3, -0.25) is 4.79 Å². The zero-order valence-electron chi connectivity index (χ0n) is 9.61. The summed E-state index contributed by atoms with van der Waals surface area (Å²) in [5, 5.41) is 8.70. The maximum atomic E-state index is 10.6. The Morgan fingerprint density at radius 1 is 1.53 bits per heavy atom. The topological polar surface area (TPSA) is 63.3 Å². The Hall–Kier alpha value is -0.570. The van der Waals surface area contributed by atoms with E-state index in [-0.39, 0.29) is 12.3 Å². The lowest BCUT2D eigenvalue weighted by Crippen LogP contribution is -2.20. The smallest absolute Gasteiger partial charge is 0.303 e. The summed E-state index contributed by atoms with van der Waals surface area (Å²) in [5.74, 6) is 1.04. The molecule has 0 amide bonds. The first-order valence-electron chi connectivity index (χ1n) is 6.03. The Kier molecular flexibility index (Phi) is 5.09. The first-order valence-corrected chi connectivity index (χ1v) is 6.03. The van der Waals surface area contributed by atoms with Gasteiger partial charge in [-0.2, -0.15) is 0 Å². The zero-order valence-corrected chi connectivity index (χ0v) is 9.61. The molecule has 2 atom stereocenters. The molecule has 0 spiro atoms. The van der Waals surface area contributed by atoms with Crippen LogP contribution >= 0.6 is 0 Å². The van der Waals surface area contributed by atoms with Crippen molar-refractivity contribution >= 4 is 5.97 Å². The SMILES string of the molecule is CC(CCC1CC1)C[C@H](CN)CC(=O)O. The highest BCUT2D eigenvalue weighted by atomic mass is 16.4. The molecule has 0 saturated heterocycles. The van der Waals surface area contributed by atoms with Crippen LogP contribution in [0.3, 0.4) is 0 Å². The van der Waals surface area contributed by atoms with Crippen molar-refractivity contribution in [1.29, 1.82) is 0 Å². The number of nitrogens with two attached hydrogens (primary N) is 1. The van der Waals surface area contributed by atoms with Crippen LogP contribution in [0.4, 0.5) is 0 Å². The molecule has 3 heteroatoms. The third kappa shape index (κ3) is 5.78. The monoisotopic (exact) mass is 213 g/mol. The van der Waals surface area contributed by atoms with Gasteiger partial charge in [0, 0.05) is 6.42 Å². The predicted molar refractivity (Wildman–Crippen MR) is 60.5 cm³/mol. The molecule has 0 aromatic rings. The summed E-state index contributed by atoms with van der Waals surface area (Å²) in [6.07, 6.45) is 6.57. The molecule has 1 aliphatic rings. The quantitative estimate of drug-likeness (QED) is 0.650. The molecule has 0 aromatic carbocycles. The van der Waals surface area contributed by atoms with Gasteiger partial charge in [0.1, 0.15) is 0 Å². The first kappa shape index (κ1) is 12.5. The highest BCUT2D eigenvalue weighted by Crippen LogP contribution is 2.35. The van der Waals surface area contributed by atoms with E-state index in [1.54, 1.807) is 0 Å². The maximum absolute atomic E-state index is 10.6. The van der Waals surface area contributed by atoms with Crippen LogP contribution in [0.1, 0.15) is 45.4 Å². The standard InChI is InChI=1S/C12H23NO2/c1-9(2-3-10-4-5-10)6-11(8-13)7-12(14)15/h9-11H,2-8,13H2,1H3,(H,14,15)/t9?,11-/m0/s1. The summed E-state index contributed by atoms with van der Waals surface area (Å²) in [4.78, 5) is 10.6. The fraction of sp³-hybridized carbons (Fsp3) is 0.917. The zero-order chi connectivity index (χ0) is 11.3. The number of hydrogen-bond acceptors (Lipinski definition) is 2. The molecule has 1 aliphatic carbocycles. The Morgan fingerprint density at radius 2 is 2.20 bits per heavy atom. The molecule has 88 valence electrons. The van der Waals surface area contributed by atoms with Gasteiger partial charge in [0.2, 0.25) is 0 Å².